The number of hydrogen-bond donors (Lipinski definition) is 1. The van der Waals surface area contributed by atoms with Gasteiger partial charge in [-0.25, -0.2) is 0 Å². The highest BCUT2D eigenvalue weighted by molar-refractivity contribution is 7.99. The molecule has 2 heteroatoms. The number of rotatable bonds is 1. The van der Waals surface area contributed by atoms with Gasteiger partial charge in [0.05, 0.1) is 0 Å². The third kappa shape index (κ3) is 2.76. The van der Waals surface area contributed by atoms with Crippen molar-refractivity contribution in [3.8, 4) is 0 Å². The van der Waals surface area contributed by atoms with E-state index in [1.807, 2.05) is 0 Å². The summed E-state index contributed by atoms with van der Waals surface area (Å²) in [4.78, 5) is 0. The van der Waals surface area contributed by atoms with Crippen LogP contribution < -0.4 is 5.32 Å². The first-order chi connectivity index (χ1) is 7.27. The average molecular weight is 221 g/mol. The van der Waals surface area contributed by atoms with Gasteiger partial charge in [-0.05, 0) is 31.0 Å². The molecule has 1 nitrogen and oxygen atoms in total. The highest BCUT2D eigenvalue weighted by Gasteiger charge is 2.18. The molecule has 1 saturated heterocycles. The Morgan fingerprint density at radius 3 is 2.93 bits per heavy atom. The molecule has 2 rings (SSSR count). The van der Waals surface area contributed by atoms with Crippen LogP contribution in [0.3, 0.4) is 0 Å². The predicted octanol–water partition coefficient (Wildman–Crippen LogP) is 3.15. The summed E-state index contributed by atoms with van der Waals surface area (Å²) in [6, 6.07) is 9.26. The first-order valence-corrected chi connectivity index (χ1v) is 6.73. The highest BCUT2D eigenvalue weighted by atomic mass is 32.2. The van der Waals surface area contributed by atoms with Gasteiger partial charge in [-0.2, -0.15) is 11.8 Å². The lowest BCUT2D eigenvalue weighted by atomic mass is 10.0. The molecule has 1 aromatic carbocycles. The molecule has 15 heavy (non-hydrogen) atoms. The zero-order valence-electron chi connectivity index (χ0n) is 9.49. The third-order valence-electron chi connectivity index (χ3n) is 3.05. The Morgan fingerprint density at radius 1 is 1.33 bits per heavy atom. The van der Waals surface area contributed by atoms with Crippen LogP contribution in [0.2, 0.25) is 0 Å². The summed E-state index contributed by atoms with van der Waals surface area (Å²) in [6.07, 6.45) is 1.28. The number of hydrogen-bond acceptors (Lipinski definition) is 2. The number of benzene rings is 1. The number of thioether (sulfide) groups is 1. The summed E-state index contributed by atoms with van der Waals surface area (Å²) < 4.78 is 0. The molecule has 0 aliphatic carbocycles. The Kier molecular flexibility index (Phi) is 3.71. The van der Waals surface area contributed by atoms with Crippen LogP contribution in [-0.2, 0) is 0 Å². The van der Waals surface area contributed by atoms with E-state index < -0.39 is 0 Å². The van der Waals surface area contributed by atoms with Crippen molar-refractivity contribution in [2.45, 2.75) is 31.6 Å². The van der Waals surface area contributed by atoms with Crippen LogP contribution in [0.4, 0.5) is 0 Å². The summed E-state index contributed by atoms with van der Waals surface area (Å²) in [5.41, 5.74) is 2.88. The normalized spacial score (nSPS) is 27.3. The Bertz CT molecular complexity index is 324. The van der Waals surface area contributed by atoms with E-state index in [0.717, 1.165) is 11.8 Å². The minimum Gasteiger partial charge on any atom is -0.309 e. The fraction of sp³-hybridized carbons (Fsp3) is 0.538. The van der Waals surface area contributed by atoms with E-state index in [4.69, 9.17) is 0 Å². The van der Waals surface area contributed by atoms with Gasteiger partial charge in [0.1, 0.15) is 0 Å². The summed E-state index contributed by atoms with van der Waals surface area (Å²) >= 11 is 2.09. The zero-order valence-corrected chi connectivity index (χ0v) is 10.3. The minimum absolute atomic E-state index is 0.543. The second-order valence-electron chi connectivity index (χ2n) is 4.30. The quantitative estimate of drug-likeness (QED) is 0.782. The van der Waals surface area contributed by atoms with Gasteiger partial charge in [0.25, 0.3) is 0 Å². The first-order valence-electron chi connectivity index (χ1n) is 5.68. The molecule has 2 atom stereocenters. The molecule has 1 heterocycles. The van der Waals surface area contributed by atoms with Crippen molar-refractivity contribution >= 4 is 11.8 Å². The number of nitrogens with one attached hydrogen (secondary N) is 1. The SMILES string of the molecule is Cc1ccccc1C1CSC(C)CCN1. The molecule has 0 radical (unpaired) electrons. The lowest BCUT2D eigenvalue weighted by Gasteiger charge is -2.17. The van der Waals surface area contributed by atoms with Crippen LogP contribution >= 0.6 is 11.8 Å². The lowest BCUT2D eigenvalue weighted by Crippen LogP contribution is -2.23. The van der Waals surface area contributed by atoms with Crippen molar-refractivity contribution < 1.29 is 0 Å². The Hall–Kier alpha value is -0.470. The molecule has 0 amide bonds. The molecule has 0 bridgehead atoms. The molecule has 2 unspecified atom stereocenters. The maximum atomic E-state index is 3.65. The van der Waals surface area contributed by atoms with Crippen molar-refractivity contribution in [3.63, 3.8) is 0 Å². The predicted molar refractivity (Wildman–Crippen MR) is 68.5 cm³/mol. The topological polar surface area (TPSA) is 12.0 Å². The average Bonchev–Trinajstić information content (AvgIpc) is 2.44. The van der Waals surface area contributed by atoms with Gasteiger partial charge in [-0.15, -0.1) is 0 Å². The van der Waals surface area contributed by atoms with Crippen molar-refractivity contribution in [1.29, 1.82) is 0 Å². The van der Waals surface area contributed by atoms with E-state index in [9.17, 15) is 0 Å². The van der Waals surface area contributed by atoms with Gasteiger partial charge in [0, 0.05) is 17.0 Å². The maximum Gasteiger partial charge on any atom is 0.0414 e. The van der Waals surface area contributed by atoms with Crippen LogP contribution in [-0.4, -0.2) is 17.5 Å². The third-order valence-corrected chi connectivity index (χ3v) is 4.38. The van der Waals surface area contributed by atoms with E-state index in [1.165, 1.54) is 23.3 Å². The van der Waals surface area contributed by atoms with Crippen LogP contribution in [0.1, 0.15) is 30.5 Å². The molecular formula is C13H19NS. The van der Waals surface area contributed by atoms with Gasteiger partial charge in [0.2, 0.25) is 0 Å². The smallest absolute Gasteiger partial charge is 0.0414 e. The summed E-state index contributed by atoms with van der Waals surface area (Å²) in [7, 11) is 0. The van der Waals surface area contributed by atoms with Crippen molar-refractivity contribution in [3.05, 3.63) is 35.4 Å². The van der Waals surface area contributed by atoms with Gasteiger partial charge in [-0.1, -0.05) is 31.2 Å². The second-order valence-corrected chi connectivity index (χ2v) is 5.77. The maximum absolute atomic E-state index is 3.65. The largest absolute Gasteiger partial charge is 0.309 e. The minimum atomic E-state index is 0.543. The highest BCUT2D eigenvalue weighted by Crippen LogP contribution is 2.27. The molecule has 1 fully saturated rings. The standard InChI is InChI=1S/C13H19NS/c1-10-5-3-4-6-12(10)13-9-15-11(2)7-8-14-13/h3-6,11,13-14H,7-9H2,1-2H3. The Balaban J connectivity index is 2.13. The molecule has 1 N–H and O–H groups in total. The zero-order chi connectivity index (χ0) is 10.7. The Morgan fingerprint density at radius 2 is 2.13 bits per heavy atom. The molecule has 0 saturated carbocycles. The van der Waals surface area contributed by atoms with Crippen molar-refractivity contribution in [2.75, 3.05) is 12.3 Å². The summed E-state index contributed by atoms with van der Waals surface area (Å²) in [5, 5.41) is 4.45. The first kappa shape index (κ1) is 11.0. The van der Waals surface area contributed by atoms with Gasteiger partial charge in [0.15, 0.2) is 0 Å². The van der Waals surface area contributed by atoms with Crippen molar-refractivity contribution in [2.24, 2.45) is 0 Å². The molecule has 82 valence electrons. The molecule has 1 aliphatic heterocycles. The van der Waals surface area contributed by atoms with Gasteiger partial charge < -0.3 is 5.32 Å². The van der Waals surface area contributed by atoms with Gasteiger partial charge in [-0.3, -0.25) is 0 Å². The van der Waals surface area contributed by atoms with Crippen LogP contribution in [0.5, 0.6) is 0 Å². The number of aryl methyl sites for hydroxylation is 1. The Labute approximate surface area is 96.7 Å². The summed E-state index contributed by atoms with van der Waals surface area (Å²) in [6.45, 7) is 5.68. The van der Waals surface area contributed by atoms with E-state index in [1.54, 1.807) is 0 Å². The fourth-order valence-corrected chi connectivity index (χ4v) is 3.14. The van der Waals surface area contributed by atoms with E-state index in [0.29, 0.717) is 6.04 Å². The molecular weight excluding hydrogens is 202 g/mol. The lowest BCUT2D eigenvalue weighted by molar-refractivity contribution is 0.576. The van der Waals surface area contributed by atoms with Gasteiger partial charge >= 0.3 is 0 Å². The molecule has 1 aromatic rings. The monoisotopic (exact) mass is 221 g/mol. The van der Waals surface area contributed by atoms with E-state index in [2.05, 4.69) is 55.2 Å². The van der Waals surface area contributed by atoms with E-state index in [-0.39, 0.29) is 0 Å². The fourth-order valence-electron chi connectivity index (χ4n) is 2.04. The van der Waals surface area contributed by atoms with Crippen LogP contribution in [0, 0.1) is 6.92 Å². The van der Waals surface area contributed by atoms with E-state index >= 15 is 0 Å². The van der Waals surface area contributed by atoms with Crippen molar-refractivity contribution in [1.82, 2.24) is 5.32 Å². The second kappa shape index (κ2) is 5.04. The van der Waals surface area contributed by atoms with Crippen LogP contribution in [0.15, 0.2) is 24.3 Å². The molecule has 0 spiro atoms. The summed E-state index contributed by atoms with van der Waals surface area (Å²) in [5.74, 6) is 1.20. The molecule has 0 aromatic heterocycles. The van der Waals surface area contributed by atoms with Crippen LogP contribution in [0.25, 0.3) is 0 Å². The molecule has 1 aliphatic rings.